The molecule has 2 rings (SSSR count). The summed E-state index contributed by atoms with van der Waals surface area (Å²) in [5.41, 5.74) is 9.63. The number of rotatable bonds is 10. The molecule has 1 aliphatic carbocycles. The van der Waals surface area contributed by atoms with Crippen molar-refractivity contribution in [2.24, 2.45) is 21.7 Å². The standard InChI is InChI=1S/C23H37ClN4O/c1-18(22-10-3-4-16-28(22)26-2)12-13-21(27-15-14-24)9-6-11-23(29)19-7-5-8-20(25)17-19/h13,15,19-20H,2-12,14,16-17,25H2,1H3/b21-13-,22-18+,27-15?/t19-,20-/m0/s1. The Kier molecular flexibility index (Phi) is 10.6. The maximum atomic E-state index is 12.5. The fraction of sp³-hybridized carbons (Fsp3) is 0.696. The normalized spacial score (nSPS) is 25.3. The average Bonchev–Trinajstić information content (AvgIpc) is 2.74. The maximum Gasteiger partial charge on any atom is 0.136 e. The second kappa shape index (κ2) is 13.0. The maximum absolute atomic E-state index is 12.5. The highest BCUT2D eigenvalue weighted by Gasteiger charge is 2.24. The third kappa shape index (κ3) is 8.06. The first-order valence-electron chi connectivity index (χ1n) is 11.0. The molecule has 29 heavy (non-hydrogen) atoms. The zero-order chi connectivity index (χ0) is 21.1. The number of carbonyl (C=O) groups is 1. The lowest BCUT2D eigenvalue weighted by Gasteiger charge is -2.28. The van der Waals surface area contributed by atoms with Gasteiger partial charge in [-0.3, -0.25) is 14.8 Å². The summed E-state index contributed by atoms with van der Waals surface area (Å²) in [4.78, 5) is 17.0. The van der Waals surface area contributed by atoms with Gasteiger partial charge in [-0.25, -0.2) is 0 Å². The van der Waals surface area contributed by atoms with Gasteiger partial charge in [-0.1, -0.05) is 12.5 Å². The van der Waals surface area contributed by atoms with Gasteiger partial charge in [0, 0.05) is 49.3 Å². The molecule has 162 valence electrons. The number of hydrogen-bond acceptors (Lipinski definition) is 5. The molecule has 2 N–H and O–H groups in total. The molecule has 6 heteroatoms. The van der Waals surface area contributed by atoms with Crippen molar-refractivity contribution in [2.45, 2.75) is 83.6 Å². The number of piperidine rings is 1. The first-order chi connectivity index (χ1) is 14.0. The zero-order valence-electron chi connectivity index (χ0n) is 17.9. The topological polar surface area (TPSA) is 71.0 Å². The zero-order valence-corrected chi connectivity index (χ0v) is 18.7. The molecule has 2 aliphatic rings. The lowest BCUT2D eigenvalue weighted by atomic mass is 9.82. The second-order valence-corrected chi connectivity index (χ2v) is 8.57. The van der Waals surface area contributed by atoms with Crippen LogP contribution in [0.4, 0.5) is 0 Å². The Labute approximate surface area is 181 Å². The molecule has 1 aliphatic heterocycles. The van der Waals surface area contributed by atoms with E-state index in [1.807, 2.05) is 5.01 Å². The number of hydrogen-bond donors (Lipinski definition) is 1. The molecule has 0 aromatic heterocycles. The fourth-order valence-electron chi connectivity index (χ4n) is 4.34. The van der Waals surface area contributed by atoms with Crippen LogP contribution in [0.15, 0.2) is 33.1 Å². The lowest BCUT2D eigenvalue weighted by Crippen LogP contribution is -2.31. The van der Waals surface area contributed by atoms with Crippen LogP contribution in [0.25, 0.3) is 0 Å². The Morgan fingerprint density at radius 3 is 2.86 bits per heavy atom. The number of hydrazone groups is 1. The third-order valence-electron chi connectivity index (χ3n) is 6.00. The van der Waals surface area contributed by atoms with E-state index in [0.29, 0.717) is 18.1 Å². The molecule has 1 heterocycles. The highest BCUT2D eigenvalue weighted by molar-refractivity contribution is 6.24. The second-order valence-electron chi connectivity index (χ2n) is 8.26. The molecule has 2 fully saturated rings. The van der Waals surface area contributed by atoms with E-state index in [9.17, 15) is 4.79 Å². The van der Waals surface area contributed by atoms with Crippen molar-refractivity contribution in [1.82, 2.24) is 5.01 Å². The van der Waals surface area contributed by atoms with Gasteiger partial charge in [0.05, 0.1) is 5.88 Å². The van der Waals surface area contributed by atoms with E-state index in [2.05, 4.69) is 29.8 Å². The van der Waals surface area contributed by atoms with Crippen LogP contribution in [-0.2, 0) is 4.79 Å². The number of aliphatic imine (C=N–C) groups is 1. The highest BCUT2D eigenvalue weighted by Crippen LogP contribution is 2.27. The summed E-state index contributed by atoms with van der Waals surface area (Å²) >= 11 is 5.79. The largest absolute Gasteiger partial charge is 0.328 e. The third-order valence-corrected chi connectivity index (χ3v) is 6.14. The van der Waals surface area contributed by atoms with Crippen LogP contribution >= 0.6 is 11.6 Å². The van der Waals surface area contributed by atoms with Crippen LogP contribution in [0.1, 0.15) is 77.6 Å². The van der Waals surface area contributed by atoms with Gasteiger partial charge in [0.2, 0.25) is 0 Å². The Hall–Kier alpha value is -1.46. The van der Waals surface area contributed by atoms with Crippen molar-refractivity contribution in [3.05, 3.63) is 23.0 Å². The van der Waals surface area contributed by atoms with Crippen LogP contribution < -0.4 is 5.73 Å². The monoisotopic (exact) mass is 420 g/mol. The van der Waals surface area contributed by atoms with E-state index in [0.717, 1.165) is 70.0 Å². The van der Waals surface area contributed by atoms with Gasteiger partial charge in [0.25, 0.3) is 0 Å². The van der Waals surface area contributed by atoms with E-state index >= 15 is 0 Å². The predicted octanol–water partition coefficient (Wildman–Crippen LogP) is 5.20. The van der Waals surface area contributed by atoms with Crippen molar-refractivity contribution in [3.63, 3.8) is 0 Å². The summed E-state index contributed by atoms with van der Waals surface area (Å²) in [6.07, 6.45) is 14.4. The molecular formula is C23H37ClN4O. The smallest absolute Gasteiger partial charge is 0.136 e. The minimum absolute atomic E-state index is 0.160. The lowest BCUT2D eigenvalue weighted by molar-refractivity contribution is -0.124. The van der Waals surface area contributed by atoms with E-state index < -0.39 is 0 Å². The van der Waals surface area contributed by atoms with Crippen LogP contribution in [0.3, 0.4) is 0 Å². The molecule has 0 radical (unpaired) electrons. The van der Waals surface area contributed by atoms with Gasteiger partial charge in [-0.15, -0.1) is 11.6 Å². The molecule has 5 nitrogen and oxygen atoms in total. The van der Waals surface area contributed by atoms with Gasteiger partial charge in [-0.2, -0.15) is 5.10 Å². The number of alkyl halides is 1. The molecule has 2 atom stereocenters. The SMILES string of the molecule is C=NN1CCCC/C1=C(/C)C/C=C(/CCCC(=O)[C@H]1CCC[C@H](N)C1)N=CCCl. The number of ketones is 1. The molecule has 0 bridgehead atoms. The van der Waals surface area contributed by atoms with E-state index in [4.69, 9.17) is 17.3 Å². The first kappa shape index (κ1) is 23.8. The number of nitrogens with two attached hydrogens (primary N) is 1. The molecule has 0 unspecified atom stereocenters. The summed E-state index contributed by atoms with van der Waals surface area (Å²) in [5, 5.41) is 6.19. The number of Topliss-reactive ketones (excluding diaryl/α,β-unsaturated/α-hetero) is 1. The molecule has 0 aromatic rings. The Morgan fingerprint density at radius 1 is 1.31 bits per heavy atom. The van der Waals surface area contributed by atoms with E-state index in [-0.39, 0.29) is 12.0 Å². The van der Waals surface area contributed by atoms with Gasteiger partial charge >= 0.3 is 0 Å². The van der Waals surface area contributed by atoms with Crippen LogP contribution in [-0.4, -0.2) is 42.2 Å². The summed E-state index contributed by atoms with van der Waals surface area (Å²) in [5.74, 6) is 0.923. The van der Waals surface area contributed by atoms with Gasteiger partial charge in [0.15, 0.2) is 0 Å². The van der Waals surface area contributed by atoms with Crippen molar-refractivity contribution >= 4 is 30.3 Å². The molecule has 0 aromatic carbocycles. The Balaban J connectivity index is 1.91. The fourth-order valence-corrected chi connectivity index (χ4v) is 4.40. The van der Waals surface area contributed by atoms with E-state index in [1.54, 1.807) is 6.21 Å². The Morgan fingerprint density at radius 2 is 2.14 bits per heavy atom. The summed E-state index contributed by atoms with van der Waals surface area (Å²) < 4.78 is 0. The van der Waals surface area contributed by atoms with Crippen molar-refractivity contribution in [2.75, 3.05) is 12.4 Å². The minimum atomic E-state index is 0.160. The highest BCUT2D eigenvalue weighted by atomic mass is 35.5. The quantitative estimate of drug-likeness (QED) is 0.390. The van der Waals surface area contributed by atoms with E-state index in [1.165, 1.54) is 17.7 Å². The van der Waals surface area contributed by atoms with Crippen LogP contribution in [0.2, 0.25) is 0 Å². The molecule has 1 saturated carbocycles. The molecule has 0 amide bonds. The molecular weight excluding hydrogens is 384 g/mol. The average molecular weight is 421 g/mol. The Bertz CT molecular complexity index is 641. The van der Waals surface area contributed by atoms with Crippen LogP contribution in [0, 0.1) is 5.92 Å². The summed E-state index contributed by atoms with van der Waals surface area (Å²) in [6, 6.07) is 0.196. The number of allylic oxidation sites excluding steroid dienone is 4. The first-order valence-corrected chi connectivity index (χ1v) is 11.6. The van der Waals surface area contributed by atoms with Gasteiger partial charge in [-0.05, 0) is 70.3 Å². The number of nitrogens with zero attached hydrogens (tertiary/aromatic N) is 3. The van der Waals surface area contributed by atoms with Crippen molar-refractivity contribution in [3.8, 4) is 0 Å². The predicted molar refractivity (Wildman–Crippen MR) is 124 cm³/mol. The van der Waals surface area contributed by atoms with Gasteiger partial charge < -0.3 is 5.73 Å². The minimum Gasteiger partial charge on any atom is -0.328 e. The van der Waals surface area contributed by atoms with Crippen LogP contribution in [0.5, 0.6) is 0 Å². The van der Waals surface area contributed by atoms with Crippen molar-refractivity contribution < 1.29 is 4.79 Å². The summed E-state index contributed by atoms with van der Waals surface area (Å²) in [7, 11) is 0. The van der Waals surface area contributed by atoms with Gasteiger partial charge in [0.1, 0.15) is 5.78 Å². The van der Waals surface area contributed by atoms with Crippen molar-refractivity contribution in [1.29, 1.82) is 0 Å². The number of halogens is 1. The molecule has 1 saturated heterocycles. The number of carbonyl (C=O) groups excluding carboxylic acids is 1. The molecule has 0 spiro atoms. The summed E-state index contributed by atoms with van der Waals surface area (Å²) in [6.45, 7) is 6.81.